The molecule has 0 saturated heterocycles. The van der Waals surface area contributed by atoms with Crippen LogP contribution >= 0.6 is 7.60 Å². The van der Waals surface area contributed by atoms with Gasteiger partial charge in [0.2, 0.25) is 0 Å². The molecule has 1 aromatic rings. The zero-order chi connectivity index (χ0) is 22.6. The molecule has 1 unspecified atom stereocenters. The molecule has 0 aromatic heterocycles. The lowest BCUT2D eigenvalue weighted by atomic mass is 10.1. The predicted molar refractivity (Wildman–Crippen MR) is 123 cm³/mol. The lowest BCUT2D eigenvalue weighted by Crippen LogP contribution is -2.52. The van der Waals surface area contributed by atoms with Crippen molar-refractivity contribution in [2.45, 2.75) is 76.5 Å². The van der Waals surface area contributed by atoms with Gasteiger partial charge in [-0.05, 0) is 43.1 Å². The quantitative estimate of drug-likeness (QED) is 0.368. The molecule has 3 atom stereocenters. The van der Waals surface area contributed by atoms with Gasteiger partial charge in [0.1, 0.15) is 16.8 Å². The third-order valence-electron chi connectivity index (χ3n) is 5.52. The van der Waals surface area contributed by atoms with E-state index in [1.165, 1.54) is 14.2 Å². The second-order valence-electron chi connectivity index (χ2n) is 9.14. The van der Waals surface area contributed by atoms with Gasteiger partial charge in [-0.2, -0.15) is 0 Å². The first-order valence-electron chi connectivity index (χ1n) is 9.82. The van der Waals surface area contributed by atoms with Crippen molar-refractivity contribution >= 4 is 26.9 Å². The van der Waals surface area contributed by atoms with Crippen LogP contribution in [0.1, 0.15) is 40.2 Å². The molecular weight excluding hydrogens is 425 g/mol. The maximum Gasteiger partial charge on any atom is 0.350 e. The third-order valence-corrected chi connectivity index (χ3v) is 13.5. The van der Waals surface area contributed by atoms with E-state index < -0.39 is 38.8 Å². The minimum Gasteiger partial charge on any atom is -0.411 e. The minimum atomic E-state index is -3.63. The highest BCUT2D eigenvalue weighted by atomic mass is 32.2. The number of hydrogen-bond acceptors (Lipinski definition) is 5. The lowest BCUT2D eigenvalue weighted by Gasteiger charge is -2.43. The Kier molecular flexibility index (Phi) is 9.49. The van der Waals surface area contributed by atoms with Crippen molar-refractivity contribution < 1.29 is 22.2 Å². The number of aryl methyl sites for hydroxylation is 1. The van der Waals surface area contributed by atoms with E-state index in [1.54, 1.807) is 12.1 Å². The minimum absolute atomic E-state index is 0.00438. The van der Waals surface area contributed by atoms with Gasteiger partial charge in [-0.3, -0.25) is 4.57 Å². The SMILES string of the molecule is COP(=O)(OC)[C@@H](NS(=O)c1ccc(C)cc1)[C@@H](O[Si](C)(C)C(C)(C)C)C(C)C. The van der Waals surface area contributed by atoms with Gasteiger partial charge in [-0.1, -0.05) is 52.3 Å². The maximum atomic E-state index is 13.4. The Hall–Kier alpha value is -0.343. The predicted octanol–water partition coefficient (Wildman–Crippen LogP) is 5.47. The largest absolute Gasteiger partial charge is 0.411 e. The van der Waals surface area contributed by atoms with Gasteiger partial charge < -0.3 is 13.5 Å². The Morgan fingerprint density at radius 3 is 1.93 bits per heavy atom. The first kappa shape index (κ1) is 26.7. The van der Waals surface area contributed by atoms with Crippen LogP contribution in [0.2, 0.25) is 18.1 Å². The van der Waals surface area contributed by atoms with Gasteiger partial charge in [0.25, 0.3) is 0 Å². The van der Waals surface area contributed by atoms with Crippen LogP contribution < -0.4 is 4.72 Å². The standard InChI is InChI=1S/C20H38NO5PSSi/c1-15(2)18(26-29(9,10)20(4,5)6)19(27(22,24-7)25-8)21-28(23)17-13-11-16(3)12-14-17/h11-15,18-19,21H,1-10H3/t18-,19+,28?/m0/s1. The summed E-state index contributed by atoms with van der Waals surface area (Å²) in [7, 11) is -4.75. The average Bonchev–Trinajstić information content (AvgIpc) is 2.63. The fraction of sp³-hybridized carbons (Fsp3) is 0.700. The Balaban J connectivity index is 3.35. The maximum absolute atomic E-state index is 13.4. The second-order valence-corrected chi connectivity index (χ2v) is 17.5. The van der Waals surface area contributed by atoms with Crippen molar-refractivity contribution in [3.63, 3.8) is 0 Å². The van der Waals surface area contributed by atoms with Crippen LogP contribution in [0.3, 0.4) is 0 Å². The molecule has 168 valence electrons. The van der Waals surface area contributed by atoms with Crippen molar-refractivity contribution in [1.29, 1.82) is 0 Å². The van der Waals surface area contributed by atoms with E-state index >= 15 is 0 Å². The number of rotatable bonds is 10. The van der Waals surface area contributed by atoms with Gasteiger partial charge in [0.15, 0.2) is 8.32 Å². The number of hydrogen-bond donors (Lipinski definition) is 1. The molecular formula is C20H38NO5PSSi. The fourth-order valence-electron chi connectivity index (χ4n) is 2.53. The molecule has 1 N–H and O–H groups in total. The summed E-state index contributed by atoms with van der Waals surface area (Å²) < 4.78 is 46.8. The second kappa shape index (κ2) is 10.3. The summed E-state index contributed by atoms with van der Waals surface area (Å²) in [5, 5.41) is -0.0368. The van der Waals surface area contributed by atoms with Crippen LogP contribution in [-0.4, -0.2) is 38.6 Å². The molecule has 1 aromatic carbocycles. The molecule has 0 fully saturated rings. The highest BCUT2D eigenvalue weighted by molar-refractivity contribution is 7.83. The molecule has 0 spiro atoms. The van der Waals surface area contributed by atoms with E-state index in [4.69, 9.17) is 13.5 Å². The summed E-state index contributed by atoms with van der Waals surface area (Å²) in [6.07, 6.45) is -0.504. The highest BCUT2D eigenvalue weighted by Gasteiger charge is 2.48. The van der Waals surface area contributed by atoms with Gasteiger partial charge in [0, 0.05) is 14.2 Å². The Morgan fingerprint density at radius 1 is 1.07 bits per heavy atom. The van der Waals surface area contributed by atoms with Crippen molar-refractivity contribution in [2.75, 3.05) is 14.2 Å². The van der Waals surface area contributed by atoms with Gasteiger partial charge >= 0.3 is 7.60 Å². The molecule has 29 heavy (non-hydrogen) atoms. The summed E-state index contributed by atoms with van der Waals surface area (Å²) in [6.45, 7) is 16.7. The smallest absolute Gasteiger partial charge is 0.350 e. The highest BCUT2D eigenvalue weighted by Crippen LogP contribution is 2.54. The van der Waals surface area contributed by atoms with E-state index in [0.717, 1.165) is 5.56 Å². The first-order valence-corrected chi connectivity index (χ1v) is 15.5. The van der Waals surface area contributed by atoms with Crippen molar-refractivity contribution in [1.82, 2.24) is 4.72 Å². The van der Waals surface area contributed by atoms with Crippen LogP contribution in [0.15, 0.2) is 29.2 Å². The monoisotopic (exact) mass is 463 g/mol. The fourth-order valence-corrected chi connectivity index (χ4v) is 7.14. The van der Waals surface area contributed by atoms with E-state index in [0.29, 0.717) is 4.90 Å². The van der Waals surface area contributed by atoms with Crippen molar-refractivity contribution in [2.24, 2.45) is 5.92 Å². The van der Waals surface area contributed by atoms with Crippen LogP contribution in [0.25, 0.3) is 0 Å². The Morgan fingerprint density at radius 2 is 1.55 bits per heavy atom. The van der Waals surface area contributed by atoms with Crippen molar-refractivity contribution in [3.8, 4) is 0 Å². The normalized spacial score (nSPS) is 16.7. The molecule has 0 bridgehead atoms. The molecule has 0 aliphatic heterocycles. The van der Waals surface area contributed by atoms with Gasteiger partial charge in [-0.25, -0.2) is 8.93 Å². The summed E-state index contributed by atoms with van der Waals surface area (Å²) in [5.74, 6) is -0.885. The van der Waals surface area contributed by atoms with E-state index in [9.17, 15) is 8.77 Å². The number of benzene rings is 1. The lowest BCUT2D eigenvalue weighted by molar-refractivity contribution is 0.111. The summed E-state index contributed by atoms with van der Waals surface area (Å²) in [5.41, 5.74) is 1.07. The van der Waals surface area contributed by atoms with Gasteiger partial charge in [0.05, 0.1) is 11.0 Å². The van der Waals surface area contributed by atoms with E-state index in [2.05, 4.69) is 38.6 Å². The van der Waals surface area contributed by atoms with Crippen LogP contribution in [0.4, 0.5) is 0 Å². The van der Waals surface area contributed by atoms with E-state index in [-0.39, 0.29) is 11.0 Å². The zero-order valence-corrected chi connectivity index (χ0v) is 22.1. The van der Waals surface area contributed by atoms with Gasteiger partial charge in [-0.15, -0.1) is 0 Å². The number of nitrogens with one attached hydrogen (secondary N) is 1. The molecule has 9 heteroatoms. The molecule has 0 amide bonds. The van der Waals surface area contributed by atoms with Crippen LogP contribution in [-0.2, 0) is 29.0 Å². The topological polar surface area (TPSA) is 73.9 Å². The Labute approximate surface area is 180 Å². The molecule has 0 aliphatic carbocycles. The van der Waals surface area contributed by atoms with E-state index in [1.807, 2.05) is 32.9 Å². The Bertz CT molecular complexity index is 725. The molecule has 0 radical (unpaired) electrons. The van der Waals surface area contributed by atoms with Crippen LogP contribution in [0, 0.1) is 12.8 Å². The zero-order valence-electron chi connectivity index (χ0n) is 19.4. The third kappa shape index (κ3) is 6.82. The summed E-state index contributed by atoms with van der Waals surface area (Å²) >= 11 is 0. The molecule has 6 nitrogen and oxygen atoms in total. The molecule has 1 rings (SSSR count). The van der Waals surface area contributed by atoms with Crippen LogP contribution in [0.5, 0.6) is 0 Å². The molecule has 0 aliphatic rings. The summed E-state index contributed by atoms with van der Waals surface area (Å²) in [6, 6.07) is 7.36. The van der Waals surface area contributed by atoms with Crippen molar-refractivity contribution in [3.05, 3.63) is 29.8 Å². The average molecular weight is 464 g/mol. The summed E-state index contributed by atoms with van der Waals surface area (Å²) in [4.78, 5) is 0.592. The molecule has 0 heterocycles. The first-order chi connectivity index (χ1) is 13.2. The molecule has 0 saturated carbocycles.